The van der Waals surface area contributed by atoms with E-state index in [4.69, 9.17) is 0 Å². The van der Waals surface area contributed by atoms with Crippen LogP contribution in [-0.2, 0) is 4.79 Å². The molecule has 0 fully saturated rings. The maximum absolute atomic E-state index is 11.9. The molecule has 5 heteroatoms. The van der Waals surface area contributed by atoms with Crippen LogP contribution >= 0.6 is 0 Å². The van der Waals surface area contributed by atoms with Gasteiger partial charge in [0.25, 0.3) is 5.91 Å². The quantitative estimate of drug-likeness (QED) is 0.793. The van der Waals surface area contributed by atoms with E-state index in [1.54, 1.807) is 31.3 Å². The topological polar surface area (TPSA) is 70.2 Å². The lowest BCUT2D eigenvalue weighted by Gasteiger charge is -2.09. The number of aryl methyl sites for hydroxylation is 1. The molecule has 114 valence electrons. The monoisotopic (exact) mass is 297 g/mol. The zero-order chi connectivity index (χ0) is 15.9. The molecule has 3 N–H and O–H groups in total. The molecule has 0 unspecified atom stereocenters. The Bertz CT molecular complexity index is 683. The summed E-state index contributed by atoms with van der Waals surface area (Å²) in [6, 6.07) is 14.6. The van der Waals surface area contributed by atoms with E-state index < -0.39 is 0 Å². The maximum Gasteiger partial charge on any atom is 0.251 e. The number of amides is 2. The summed E-state index contributed by atoms with van der Waals surface area (Å²) in [4.78, 5) is 23.5. The van der Waals surface area contributed by atoms with E-state index >= 15 is 0 Å². The predicted octanol–water partition coefficient (Wildman–Crippen LogP) is 2.41. The summed E-state index contributed by atoms with van der Waals surface area (Å²) in [5, 5.41) is 8.38. The summed E-state index contributed by atoms with van der Waals surface area (Å²) < 4.78 is 0. The number of benzene rings is 2. The van der Waals surface area contributed by atoms with Crippen molar-refractivity contribution in [2.45, 2.75) is 6.92 Å². The Hall–Kier alpha value is -2.82. The summed E-state index contributed by atoms with van der Waals surface area (Å²) in [6.07, 6.45) is 0. The molecule has 0 aliphatic carbocycles. The van der Waals surface area contributed by atoms with E-state index in [-0.39, 0.29) is 18.4 Å². The predicted molar refractivity (Wildman–Crippen MR) is 88.1 cm³/mol. The van der Waals surface area contributed by atoms with E-state index in [0.29, 0.717) is 11.3 Å². The van der Waals surface area contributed by atoms with E-state index in [2.05, 4.69) is 16.0 Å². The van der Waals surface area contributed by atoms with Crippen LogP contribution in [-0.4, -0.2) is 25.4 Å². The van der Waals surface area contributed by atoms with Crippen molar-refractivity contribution in [1.82, 2.24) is 5.32 Å². The molecular weight excluding hydrogens is 278 g/mol. The molecule has 0 aliphatic heterocycles. The number of rotatable bonds is 5. The lowest BCUT2D eigenvalue weighted by atomic mass is 10.2. The van der Waals surface area contributed by atoms with Crippen molar-refractivity contribution in [2.75, 3.05) is 24.2 Å². The van der Waals surface area contributed by atoms with Crippen LogP contribution in [0.1, 0.15) is 15.9 Å². The van der Waals surface area contributed by atoms with Gasteiger partial charge in [-0.15, -0.1) is 0 Å². The fraction of sp³-hybridized carbons (Fsp3) is 0.176. The van der Waals surface area contributed by atoms with Gasteiger partial charge in [0, 0.05) is 24.0 Å². The third-order valence-electron chi connectivity index (χ3n) is 3.11. The van der Waals surface area contributed by atoms with Crippen LogP contribution in [0.25, 0.3) is 0 Å². The highest BCUT2D eigenvalue weighted by atomic mass is 16.2. The highest BCUT2D eigenvalue weighted by Gasteiger charge is 2.06. The number of carbonyl (C=O) groups excluding carboxylic acids is 2. The minimum absolute atomic E-state index is 0.160. The Labute approximate surface area is 129 Å². The van der Waals surface area contributed by atoms with Crippen molar-refractivity contribution in [1.29, 1.82) is 0 Å². The number of nitrogens with one attached hydrogen (secondary N) is 3. The summed E-state index contributed by atoms with van der Waals surface area (Å²) in [6.45, 7) is 2.16. The molecule has 0 saturated heterocycles. The van der Waals surface area contributed by atoms with Gasteiger partial charge in [0.2, 0.25) is 5.91 Å². The largest absolute Gasteiger partial charge is 0.376 e. The SMILES string of the molecule is CNC(=O)c1cccc(NC(=O)CNc2cccc(C)c2)c1. The van der Waals surface area contributed by atoms with Crippen molar-refractivity contribution in [3.05, 3.63) is 59.7 Å². The van der Waals surface area contributed by atoms with Crippen molar-refractivity contribution in [3.63, 3.8) is 0 Å². The number of hydrogen-bond acceptors (Lipinski definition) is 3. The number of anilines is 2. The van der Waals surface area contributed by atoms with Gasteiger partial charge >= 0.3 is 0 Å². The zero-order valence-corrected chi connectivity index (χ0v) is 12.6. The average Bonchev–Trinajstić information content (AvgIpc) is 2.52. The molecule has 2 amide bonds. The highest BCUT2D eigenvalue weighted by Crippen LogP contribution is 2.11. The van der Waals surface area contributed by atoms with Crippen LogP contribution in [0, 0.1) is 6.92 Å². The molecule has 0 bridgehead atoms. The zero-order valence-electron chi connectivity index (χ0n) is 12.6. The minimum Gasteiger partial charge on any atom is -0.376 e. The van der Waals surface area contributed by atoms with Crippen molar-refractivity contribution < 1.29 is 9.59 Å². The van der Waals surface area contributed by atoms with Crippen molar-refractivity contribution in [2.24, 2.45) is 0 Å². The maximum atomic E-state index is 11.9. The lowest BCUT2D eigenvalue weighted by Crippen LogP contribution is -2.22. The third-order valence-corrected chi connectivity index (χ3v) is 3.11. The molecule has 2 rings (SSSR count). The first kappa shape index (κ1) is 15.6. The molecule has 0 aromatic heterocycles. The van der Waals surface area contributed by atoms with Crippen molar-refractivity contribution in [3.8, 4) is 0 Å². The summed E-state index contributed by atoms with van der Waals surface area (Å²) >= 11 is 0. The standard InChI is InChI=1S/C17H19N3O2/c1-12-5-3-7-14(9-12)19-11-16(21)20-15-8-4-6-13(10-15)17(22)18-2/h3-10,19H,11H2,1-2H3,(H,18,22)(H,20,21). The van der Waals surface area contributed by atoms with Crippen LogP contribution in [0.2, 0.25) is 0 Å². The molecule has 0 heterocycles. The van der Waals surface area contributed by atoms with Gasteiger partial charge in [-0.2, -0.15) is 0 Å². The Morgan fingerprint density at radius 3 is 2.45 bits per heavy atom. The minimum atomic E-state index is -0.186. The van der Waals surface area contributed by atoms with Crippen LogP contribution in [0.3, 0.4) is 0 Å². The smallest absolute Gasteiger partial charge is 0.251 e. The molecule has 0 spiro atoms. The molecule has 2 aromatic carbocycles. The highest BCUT2D eigenvalue weighted by molar-refractivity contribution is 5.97. The first-order valence-electron chi connectivity index (χ1n) is 7.01. The normalized spacial score (nSPS) is 9.91. The second kappa shape index (κ2) is 7.26. The number of carbonyl (C=O) groups is 2. The van der Waals surface area contributed by atoms with Crippen molar-refractivity contribution >= 4 is 23.2 Å². The van der Waals surface area contributed by atoms with Crippen LogP contribution in [0.5, 0.6) is 0 Å². The Kier molecular flexibility index (Phi) is 5.14. The molecule has 0 saturated carbocycles. The summed E-state index contributed by atoms with van der Waals surface area (Å²) in [7, 11) is 1.57. The molecule has 0 radical (unpaired) electrons. The van der Waals surface area contributed by atoms with Crippen LogP contribution in [0.4, 0.5) is 11.4 Å². The Balaban J connectivity index is 1.93. The molecule has 0 atom stereocenters. The molecule has 5 nitrogen and oxygen atoms in total. The van der Waals surface area contributed by atoms with Gasteiger partial charge in [-0.25, -0.2) is 0 Å². The van der Waals surface area contributed by atoms with Crippen LogP contribution < -0.4 is 16.0 Å². The number of hydrogen-bond donors (Lipinski definition) is 3. The molecular formula is C17H19N3O2. The lowest BCUT2D eigenvalue weighted by molar-refractivity contribution is -0.114. The van der Waals surface area contributed by atoms with Gasteiger partial charge in [-0.3, -0.25) is 9.59 Å². The van der Waals surface area contributed by atoms with E-state index in [0.717, 1.165) is 11.3 Å². The molecule has 2 aromatic rings. The second-order valence-electron chi connectivity index (χ2n) is 4.93. The van der Waals surface area contributed by atoms with E-state index in [1.165, 1.54) is 0 Å². The molecule has 0 aliphatic rings. The second-order valence-corrected chi connectivity index (χ2v) is 4.93. The fourth-order valence-electron chi connectivity index (χ4n) is 2.03. The van der Waals surface area contributed by atoms with Gasteiger partial charge in [-0.05, 0) is 42.8 Å². The first-order chi connectivity index (χ1) is 10.6. The molecule has 22 heavy (non-hydrogen) atoms. The third kappa shape index (κ3) is 4.34. The average molecular weight is 297 g/mol. The Morgan fingerprint density at radius 1 is 1.00 bits per heavy atom. The first-order valence-corrected chi connectivity index (χ1v) is 7.01. The van der Waals surface area contributed by atoms with Gasteiger partial charge in [0.15, 0.2) is 0 Å². The van der Waals surface area contributed by atoms with E-state index in [9.17, 15) is 9.59 Å². The van der Waals surface area contributed by atoms with Gasteiger partial charge < -0.3 is 16.0 Å². The summed E-state index contributed by atoms with van der Waals surface area (Å²) in [5.41, 5.74) is 3.13. The fourth-order valence-corrected chi connectivity index (χ4v) is 2.03. The van der Waals surface area contributed by atoms with E-state index in [1.807, 2.05) is 31.2 Å². The summed E-state index contributed by atoms with van der Waals surface area (Å²) in [5.74, 6) is -0.357. The Morgan fingerprint density at radius 2 is 1.73 bits per heavy atom. The van der Waals surface area contributed by atoms with Gasteiger partial charge in [0.05, 0.1) is 6.54 Å². The van der Waals surface area contributed by atoms with Gasteiger partial charge in [0.1, 0.15) is 0 Å². The van der Waals surface area contributed by atoms with Crippen LogP contribution in [0.15, 0.2) is 48.5 Å². The van der Waals surface area contributed by atoms with Gasteiger partial charge in [-0.1, -0.05) is 18.2 Å².